The Bertz CT molecular complexity index is 445. The Morgan fingerprint density at radius 1 is 1.19 bits per heavy atom. The van der Waals surface area contributed by atoms with Crippen molar-refractivity contribution in [1.29, 1.82) is 0 Å². The van der Waals surface area contributed by atoms with Crippen LogP contribution >= 0.6 is 0 Å². The minimum Gasteiger partial charge on any atom is -0.396 e. The van der Waals surface area contributed by atoms with Gasteiger partial charge in [-0.15, -0.1) is 0 Å². The quantitative estimate of drug-likeness (QED) is 0.730. The molecule has 2 rings (SSSR count). The van der Waals surface area contributed by atoms with E-state index in [1.54, 1.807) is 0 Å². The van der Waals surface area contributed by atoms with Gasteiger partial charge >= 0.3 is 0 Å². The molecule has 116 valence electrons. The van der Waals surface area contributed by atoms with Gasteiger partial charge in [0.25, 0.3) is 0 Å². The summed E-state index contributed by atoms with van der Waals surface area (Å²) in [7, 11) is 0. The zero-order valence-electron chi connectivity index (χ0n) is 12.8. The van der Waals surface area contributed by atoms with Gasteiger partial charge in [0.05, 0.1) is 6.54 Å². The molecule has 1 aromatic carbocycles. The number of hydrogen-bond donors (Lipinski definition) is 3. The summed E-state index contributed by atoms with van der Waals surface area (Å²) in [5.41, 5.74) is 2.00. The highest BCUT2D eigenvalue weighted by Crippen LogP contribution is 2.23. The van der Waals surface area contributed by atoms with Crippen molar-refractivity contribution in [2.45, 2.75) is 45.1 Å². The Kier molecular flexibility index (Phi) is 6.21. The lowest BCUT2D eigenvalue weighted by Gasteiger charge is -2.24. The molecule has 1 fully saturated rings. The van der Waals surface area contributed by atoms with Crippen molar-refractivity contribution < 1.29 is 9.90 Å². The van der Waals surface area contributed by atoms with Gasteiger partial charge in [-0.1, -0.05) is 37.0 Å². The molecule has 21 heavy (non-hydrogen) atoms. The molecular formula is C17H26N2O2. The number of carbonyl (C=O) groups is 1. The van der Waals surface area contributed by atoms with Crippen molar-refractivity contribution >= 4 is 11.6 Å². The topological polar surface area (TPSA) is 61.4 Å². The predicted molar refractivity (Wildman–Crippen MR) is 85.3 cm³/mol. The Morgan fingerprint density at radius 3 is 2.62 bits per heavy atom. The fraction of sp³-hybridized carbons (Fsp3) is 0.588. The van der Waals surface area contributed by atoms with E-state index in [1.165, 1.54) is 24.8 Å². The fourth-order valence-electron chi connectivity index (χ4n) is 2.94. The van der Waals surface area contributed by atoms with Gasteiger partial charge in [-0.2, -0.15) is 0 Å². The van der Waals surface area contributed by atoms with Crippen LogP contribution in [0.4, 0.5) is 5.69 Å². The van der Waals surface area contributed by atoms with E-state index in [9.17, 15) is 9.90 Å². The van der Waals surface area contributed by atoms with Crippen LogP contribution in [-0.2, 0) is 4.79 Å². The minimum absolute atomic E-state index is 0.0280. The largest absolute Gasteiger partial charge is 0.396 e. The van der Waals surface area contributed by atoms with Gasteiger partial charge in [0.1, 0.15) is 0 Å². The molecule has 0 unspecified atom stereocenters. The smallest absolute Gasteiger partial charge is 0.238 e. The Morgan fingerprint density at radius 2 is 1.90 bits per heavy atom. The first-order valence-electron chi connectivity index (χ1n) is 7.90. The first kappa shape index (κ1) is 16.0. The van der Waals surface area contributed by atoms with Crippen LogP contribution in [0.5, 0.6) is 0 Å². The molecule has 1 aromatic rings. The second kappa shape index (κ2) is 8.15. The molecule has 0 radical (unpaired) electrons. The number of carbonyl (C=O) groups excluding carboxylic acids is 1. The summed E-state index contributed by atoms with van der Waals surface area (Å²) in [6, 6.07) is 8.04. The number of amides is 1. The Labute approximate surface area is 126 Å². The Balaban J connectivity index is 1.80. The van der Waals surface area contributed by atoms with E-state index in [0.717, 1.165) is 18.5 Å². The summed E-state index contributed by atoms with van der Waals surface area (Å²) in [6.07, 6.45) is 5.67. The fourth-order valence-corrected chi connectivity index (χ4v) is 2.94. The average molecular weight is 290 g/mol. The molecule has 1 saturated carbocycles. The van der Waals surface area contributed by atoms with Gasteiger partial charge in [0.15, 0.2) is 0 Å². The summed E-state index contributed by atoms with van der Waals surface area (Å²) >= 11 is 0. The number of rotatable bonds is 5. The molecule has 1 amide bonds. The van der Waals surface area contributed by atoms with E-state index in [4.69, 9.17) is 0 Å². The number of anilines is 1. The molecule has 1 aliphatic carbocycles. The van der Waals surface area contributed by atoms with Crippen molar-refractivity contribution in [3.63, 3.8) is 0 Å². The zero-order chi connectivity index (χ0) is 15.1. The van der Waals surface area contributed by atoms with Crippen LogP contribution in [0.15, 0.2) is 24.3 Å². The Hall–Kier alpha value is -1.39. The molecule has 4 heteroatoms. The van der Waals surface area contributed by atoms with E-state index in [0.29, 0.717) is 6.54 Å². The number of benzene rings is 1. The number of aliphatic hydroxyl groups is 1. The van der Waals surface area contributed by atoms with Crippen molar-refractivity contribution in [3.8, 4) is 0 Å². The van der Waals surface area contributed by atoms with Gasteiger partial charge < -0.3 is 15.7 Å². The van der Waals surface area contributed by atoms with Crippen molar-refractivity contribution in [2.75, 3.05) is 18.5 Å². The second-order valence-electron chi connectivity index (χ2n) is 5.98. The molecular weight excluding hydrogens is 264 g/mol. The maximum Gasteiger partial charge on any atom is 0.238 e. The molecule has 0 spiro atoms. The SMILES string of the molecule is Cc1ccc(NC(=O)CN[C@@H]2CCCCC[C@H]2CO)cc1. The lowest BCUT2D eigenvalue weighted by molar-refractivity contribution is -0.115. The summed E-state index contributed by atoms with van der Waals surface area (Å²) in [4.78, 5) is 12.0. The van der Waals surface area contributed by atoms with E-state index in [-0.39, 0.29) is 24.5 Å². The lowest BCUT2D eigenvalue weighted by Crippen LogP contribution is -2.41. The molecule has 1 aliphatic rings. The molecule has 0 aliphatic heterocycles. The molecule has 0 heterocycles. The maximum absolute atomic E-state index is 12.0. The second-order valence-corrected chi connectivity index (χ2v) is 5.98. The van der Waals surface area contributed by atoms with Gasteiger partial charge in [0, 0.05) is 18.3 Å². The summed E-state index contributed by atoms with van der Waals surface area (Å²) < 4.78 is 0. The lowest BCUT2D eigenvalue weighted by atomic mass is 9.96. The third-order valence-corrected chi connectivity index (χ3v) is 4.25. The number of aliphatic hydroxyl groups excluding tert-OH is 1. The van der Waals surface area contributed by atoms with E-state index >= 15 is 0 Å². The molecule has 2 atom stereocenters. The van der Waals surface area contributed by atoms with Crippen molar-refractivity contribution in [3.05, 3.63) is 29.8 Å². The van der Waals surface area contributed by atoms with E-state index in [2.05, 4.69) is 10.6 Å². The standard InChI is InChI=1S/C17H26N2O2/c1-13-7-9-15(10-8-13)19-17(21)11-18-16-6-4-2-3-5-14(16)12-20/h7-10,14,16,18,20H,2-6,11-12H2,1H3,(H,19,21)/t14-,16+/m0/s1. The monoisotopic (exact) mass is 290 g/mol. The summed E-state index contributed by atoms with van der Waals surface area (Å²) in [5, 5.41) is 15.7. The minimum atomic E-state index is -0.0280. The average Bonchev–Trinajstić information content (AvgIpc) is 2.72. The molecule has 0 bridgehead atoms. The first-order chi connectivity index (χ1) is 10.2. The van der Waals surface area contributed by atoms with E-state index in [1.807, 2.05) is 31.2 Å². The third-order valence-electron chi connectivity index (χ3n) is 4.25. The highest BCUT2D eigenvalue weighted by molar-refractivity contribution is 5.92. The number of hydrogen-bond acceptors (Lipinski definition) is 3. The van der Waals surface area contributed by atoms with Gasteiger partial charge in [-0.25, -0.2) is 0 Å². The van der Waals surface area contributed by atoms with Crippen molar-refractivity contribution in [1.82, 2.24) is 5.32 Å². The van der Waals surface area contributed by atoms with Crippen LogP contribution in [0.3, 0.4) is 0 Å². The highest BCUT2D eigenvalue weighted by atomic mass is 16.3. The zero-order valence-corrected chi connectivity index (χ0v) is 12.8. The van der Waals surface area contributed by atoms with Crippen LogP contribution in [0.2, 0.25) is 0 Å². The van der Waals surface area contributed by atoms with Crippen LogP contribution in [-0.4, -0.2) is 30.2 Å². The van der Waals surface area contributed by atoms with Crippen LogP contribution in [0.25, 0.3) is 0 Å². The van der Waals surface area contributed by atoms with Gasteiger partial charge in [0.2, 0.25) is 5.91 Å². The highest BCUT2D eigenvalue weighted by Gasteiger charge is 2.23. The first-order valence-corrected chi connectivity index (χ1v) is 7.90. The summed E-state index contributed by atoms with van der Waals surface area (Å²) in [5.74, 6) is 0.250. The molecule has 0 aromatic heterocycles. The number of aryl methyl sites for hydroxylation is 1. The predicted octanol–water partition coefficient (Wildman–Crippen LogP) is 2.46. The molecule has 3 N–H and O–H groups in total. The van der Waals surface area contributed by atoms with Gasteiger partial charge in [-0.3, -0.25) is 4.79 Å². The maximum atomic E-state index is 12.0. The van der Waals surface area contributed by atoms with Crippen LogP contribution in [0, 0.1) is 12.8 Å². The molecule has 0 saturated heterocycles. The normalized spacial score (nSPS) is 22.6. The van der Waals surface area contributed by atoms with Crippen LogP contribution < -0.4 is 10.6 Å². The van der Waals surface area contributed by atoms with E-state index < -0.39 is 0 Å². The van der Waals surface area contributed by atoms with Crippen molar-refractivity contribution in [2.24, 2.45) is 5.92 Å². The van der Waals surface area contributed by atoms with Crippen LogP contribution in [0.1, 0.15) is 37.7 Å². The number of nitrogens with one attached hydrogen (secondary N) is 2. The van der Waals surface area contributed by atoms with Gasteiger partial charge in [-0.05, 0) is 37.8 Å². The summed E-state index contributed by atoms with van der Waals surface area (Å²) in [6.45, 7) is 2.53. The molecule has 4 nitrogen and oxygen atoms in total. The third kappa shape index (κ3) is 5.14.